The average molecular weight is 770 g/mol. The number of carboxylic acid groups (broad SMARTS) is 1. The molecule has 0 amide bonds. The number of allylic oxidation sites excluding steroid dienone is 5. The molecule has 0 aromatic heterocycles. The van der Waals surface area contributed by atoms with Crippen LogP contribution in [0.2, 0.25) is 0 Å². The number of rotatable bonds is 9. The Balaban J connectivity index is 1.12. The van der Waals surface area contributed by atoms with Crippen LogP contribution in [0.3, 0.4) is 0 Å². The van der Waals surface area contributed by atoms with Gasteiger partial charge in [-0.3, -0.25) is 4.79 Å². The fourth-order valence-corrected chi connectivity index (χ4v) is 16.6. The van der Waals surface area contributed by atoms with Gasteiger partial charge in [-0.05, 0) is 185 Å². The molecule has 10 atom stereocenters. The summed E-state index contributed by atoms with van der Waals surface area (Å²) in [7, 11) is -3.07. The molecule has 2 unspecified atom stereocenters. The Hall–Kier alpha value is -1.51. The van der Waals surface area contributed by atoms with Gasteiger partial charge in [-0.25, -0.2) is 12.8 Å². The molecule has 5 fully saturated rings. The molecule has 54 heavy (non-hydrogen) atoms. The van der Waals surface area contributed by atoms with E-state index >= 15 is 0 Å². The zero-order valence-electron chi connectivity index (χ0n) is 34.7. The molecule has 7 rings (SSSR count). The van der Waals surface area contributed by atoms with Gasteiger partial charge in [0.2, 0.25) is 0 Å². The number of hydrogen-bond donors (Lipinski definition) is 3. The fourth-order valence-electron chi connectivity index (χ4n) is 15.5. The Kier molecular flexibility index (Phi) is 10.2. The minimum atomic E-state index is -3.07. The van der Waals surface area contributed by atoms with Gasteiger partial charge in [-0.2, -0.15) is 0 Å². The van der Waals surface area contributed by atoms with Gasteiger partial charge in [0.05, 0.1) is 16.3 Å². The third-order valence-electron chi connectivity index (χ3n) is 18.8. The molecule has 0 spiro atoms. The highest BCUT2D eigenvalue weighted by Gasteiger charge is 2.70. The van der Waals surface area contributed by atoms with E-state index in [0.29, 0.717) is 74.5 Å². The lowest BCUT2D eigenvalue weighted by Crippen LogP contribution is -2.68. The zero-order valence-corrected chi connectivity index (χ0v) is 35.5. The minimum absolute atomic E-state index is 0.0346. The van der Waals surface area contributed by atoms with Gasteiger partial charge in [-0.1, -0.05) is 58.9 Å². The highest BCUT2D eigenvalue weighted by molar-refractivity contribution is 7.91. The van der Waals surface area contributed by atoms with Crippen LogP contribution >= 0.6 is 0 Å². The van der Waals surface area contributed by atoms with Crippen molar-refractivity contribution in [1.29, 1.82) is 0 Å². The summed E-state index contributed by atoms with van der Waals surface area (Å²) in [4.78, 5) is 12.0. The van der Waals surface area contributed by atoms with E-state index in [9.17, 15) is 27.8 Å². The topological polar surface area (TPSA) is 104 Å². The van der Waals surface area contributed by atoms with E-state index in [1.165, 1.54) is 61.5 Å². The van der Waals surface area contributed by atoms with Crippen molar-refractivity contribution in [2.24, 2.45) is 56.7 Å². The van der Waals surface area contributed by atoms with Gasteiger partial charge in [0.1, 0.15) is 16.5 Å². The number of carboxylic acids is 1. The van der Waals surface area contributed by atoms with Crippen LogP contribution in [0.15, 0.2) is 35.5 Å². The van der Waals surface area contributed by atoms with Crippen LogP contribution in [0.4, 0.5) is 4.39 Å². The first-order valence-electron chi connectivity index (χ1n) is 21.6. The van der Waals surface area contributed by atoms with Crippen LogP contribution in [0.5, 0.6) is 0 Å². The maximum Gasteiger partial charge on any atom is 0.312 e. The molecule has 0 radical (unpaired) electrons. The smallest absolute Gasteiger partial charge is 0.312 e. The number of nitrogens with one attached hydrogen (secondary N) is 1. The quantitative estimate of drug-likeness (QED) is 0.202. The van der Waals surface area contributed by atoms with E-state index in [0.717, 1.165) is 25.8 Å². The summed E-state index contributed by atoms with van der Waals surface area (Å²) in [6.45, 7) is 19.7. The first-order chi connectivity index (χ1) is 25.1. The second-order valence-electron chi connectivity index (χ2n) is 21.5. The Morgan fingerprint density at radius 1 is 0.889 bits per heavy atom. The summed E-state index contributed by atoms with van der Waals surface area (Å²) in [6.07, 6.45) is 20.8. The summed E-state index contributed by atoms with van der Waals surface area (Å²) in [6, 6.07) is 0. The van der Waals surface area contributed by atoms with Crippen molar-refractivity contribution in [3.63, 3.8) is 0 Å². The van der Waals surface area contributed by atoms with E-state index in [1.807, 2.05) is 0 Å². The van der Waals surface area contributed by atoms with E-state index in [-0.39, 0.29) is 38.9 Å². The van der Waals surface area contributed by atoms with Gasteiger partial charge in [-0.15, -0.1) is 0 Å². The third-order valence-corrected chi connectivity index (χ3v) is 20.5. The molecule has 304 valence electrons. The molecule has 0 heterocycles. The lowest BCUT2D eigenvalue weighted by Gasteiger charge is -2.72. The molecule has 7 aliphatic carbocycles. The van der Waals surface area contributed by atoms with Crippen molar-refractivity contribution in [3.05, 3.63) is 35.5 Å². The van der Waals surface area contributed by atoms with Crippen molar-refractivity contribution in [2.45, 2.75) is 167 Å². The summed E-state index contributed by atoms with van der Waals surface area (Å²) < 4.78 is 38.4. The highest BCUT2D eigenvalue weighted by atomic mass is 32.2. The highest BCUT2D eigenvalue weighted by Crippen LogP contribution is 2.76. The van der Waals surface area contributed by atoms with Crippen molar-refractivity contribution in [3.8, 4) is 0 Å². The second-order valence-corrected chi connectivity index (χ2v) is 23.8. The van der Waals surface area contributed by atoms with Crippen LogP contribution in [0.25, 0.3) is 0 Å². The van der Waals surface area contributed by atoms with Gasteiger partial charge >= 0.3 is 5.97 Å². The molecular formula is C46H72FNO5S. The second kappa shape index (κ2) is 13.5. The van der Waals surface area contributed by atoms with Crippen molar-refractivity contribution in [2.75, 3.05) is 19.5 Å². The maximum atomic E-state index is 14.0. The predicted molar refractivity (Wildman–Crippen MR) is 215 cm³/mol. The molecule has 8 heteroatoms. The number of aliphatic carboxylic acids is 1. The number of sulfone groups is 1. The number of hydrogen-bond acceptors (Lipinski definition) is 5. The van der Waals surface area contributed by atoms with Crippen molar-refractivity contribution < 1.29 is 27.8 Å². The average Bonchev–Trinajstić information content (AvgIpc) is 3.48. The van der Waals surface area contributed by atoms with E-state index < -0.39 is 33.5 Å². The summed E-state index contributed by atoms with van der Waals surface area (Å²) in [5.41, 5.74) is 2.54. The number of halogens is 1. The van der Waals surface area contributed by atoms with Crippen LogP contribution < -0.4 is 5.32 Å². The molecule has 0 bridgehead atoms. The molecule has 0 saturated heterocycles. The van der Waals surface area contributed by atoms with Crippen molar-refractivity contribution in [1.82, 2.24) is 5.32 Å². The Morgan fingerprint density at radius 3 is 2.19 bits per heavy atom. The van der Waals surface area contributed by atoms with Crippen LogP contribution in [0, 0.1) is 56.7 Å². The van der Waals surface area contributed by atoms with Gasteiger partial charge < -0.3 is 15.5 Å². The number of aliphatic hydroxyl groups is 1. The Labute approximate surface area is 326 Å². The lowest BCUT2D eigenvalue weighted by molar-refractivity contribution is -0.221. The normalized spacial score (nSPS) is 47.3. The predicted octanol–water partition coefficient (Wildman–Crippen LogP) is 9.78. The lowest BCUT2D eigenvalue weighted by atomic mass is 9.33. The fraction of sp³-hybridized carbons (Fsp3) is 0.848. The largest absolute Gasteiger partial charge is 0.481 e. The molecule has 5 saturated carbocycles. The summed E-state index contributed by atoms with van der Waals surface area (Å²) in [5, 5.41) is 25.2. The Morgan fingerprint density at radius 2 is 1.59 bits per heavy atom. The first-order valence-corrected chi connectivity index (χ1v) is 23.6. The SMILES string of the molecule is C=C(C)[C@@H]1CC[C@]2(NCC[C@]3(O)CC[C@@H](S(C)(=O)=O)CC3)CC[C@]3(C)[C@H](CC[C@@H]4[C@@]5(C)CC=C(C6=CC[C@](CF)(C(=O)O)CC6)C(C)(C)C5CC[C@]43C)C12. The van der Waals surface area contributed by atoms with Gasteiger partial charge in [0, 0.05) is 11.8 Å². The number of alkyl halides is 1. The van der Waals surface area contributed by atoms with E-state index in [4.69, 9.17) is 0 Å². The van der Waals surface area contributed by atoms with Gasteiger partial charge in [0.15, 0.2) is 0 Å². The first kappa shape index (κ1) is 40.7. The van der Waals surface area contributed by atoms with Gasteiger partial charge in [0.25, 0.3) is 0 Å². The molecule has 3 N–H and O–H groups in total. The molecule has 0 aliphatic heterocycles. The van der Waals surface area contributed by atoms with Crippen LogP contribution in [-0.2, 0) is 14.6 Å². The standard InChI is InChI=1S/C46H72FNO5S/c1-30(2)33-15-24-46(48-28-27-45(51)22-13-32(14-23-45)54(8,52)53)26-25-42(6)35(38(33)46)9-10-37-41(5)18-16-34(40(3,4)36(41)17-19-43(37,42)7)31-11-20-44(29-47,21-12-31)39(49)50/h11,16,32-33,35-38,48,51H,1,9-10,12-15,17-29H2,2-8H3,(H,49,50)/t32-,33-,35+,36?,37+,38?,41-,42+,43+,44-,45+,46-/m0/s1. The molecule has 0 aromatic carbocycles. The third kappa shape index (κ3) is 6.09. The minimum Gasteiger partial charge on any atom is -0.481 e. The summed E-state index contributed by atoms with van der Waals surface area (Å²) >= 11 is 0. The molecular weight excluding hydrogens is 698 g/mol. The van der Waals surface area contributed by atoms with E-state index in [2.05, 4.69) is 65.6 Å². The maximum absolute atomic E-state index is 14.0. The molecule has 7 aliphatic rings. The molecule has 0 aromatic rings. The Bertz CT molecular complexity index is 1690. The number of fused-ring (bicyclic) bond motifs is 7. The summed E-state index contributed by atoms with van der Waals surface area (Å²) in [5.74, 6) is 1.79. The molecule has 6 nitrogen and oxygen atoms in total. The van der Waals surface area contributed by atoms with Crippen molar-refractivity contribution >= 4 is 15.8 Å². The number of carbonyl (C=O) groups is 1. The van der Waals surface area contributed by atoms with Crippen LogP contribution in [0.1, 0.15) is 151 Å². The zero-order chi connectivity index (χ0) is 39.3. The van der Waals surface area contributed by atoms with Crippen LogP contribution in [-0.4, -0.2) is 60.5 Å². The monoisotopic (exact) mass is 770 g/mol. The van der Waals surface area contributed by atoms with E-state index in [1.54, 1.807) is 0 Å².